The van der Waals surface area contributed by atoms with Crippen LogP contribution in [0.15, 0.2) is 81.0 Å². The highest BCUT2D eigenvalue weighted by atomic mass is 35.5. The van der Waals surface area contributed by atoms with Crippen molar-refractivity contribution in [1.29, 1.82) is 0 Å². The molecule has 5 rings (SSSR count). The number of hydrogen-bond acceptors (Lipinski definition) is 8. The molecule has 0 aliphatic carbocycles. The van der Waals surface area contributed by atoms with E-state index in [9.17, 15) is 9.59 Å². The second-order valence-corrected chi connectivity index (χ2v) is 11.1. The zero-order valence-electron chi connectivity index (χ0n) is 21.5. The van der Waals surface area contributed by atoms with Crippen molar-refractivity contribution >= 4 is 46.3 Å². The number of thiophene rings is 1. The van der Waals surface area contributed by atoms with E-state index in [-0.39, 0.29) is 12.2 Å². The highest BCUT2D eigenvalue weighted by Gasteiger charge is 2.33. The predicted octanol–water partition coefficient (Wildman–Crippen LogP) is 5.10. The van der Waals surface area contributed by atoms with Gasteiger partial charge in [-0.25, -0.2) is 9.79 Å². The zero-order valence-corrected chi connectivity index (χ0v) is 23.9. The summed E-state index contributed by atoms with van der Waals surface area (Å²) in [5.74, 6) is 0.659. The second-order valence-electron chi connectivity index (χ2n) is 8.64. The average Bonchev–Trinajstić information content (AvgIpc) is 3.56. The van der Waals surface area contributed by atoms with Crippen molar-refractivity contribution in [3.05, 3.63) is 112 Å². The normalized spacial score (nSPS) is 15.1. The Bertz CT molecular complexity index is 1720. The smallest absolute Gasteiger partial charge is 0.338 e. The Balaban J connectivity index is 1.51. The molecule has 1 aliphatic rings. The molecule has 39 heavy (non-hydrogen) atoms. The van der Waals surface area contributed by atoms with E-state index in [1.807, 2.05) is 60.0 Å². The summed E-state index contributed by atoms with van der Waals surface area (Å²) in [4.78, 5) is 32.6. The quantitative estimate of drug-likeness (QED) is 0.271. The van der Waals surface area contributed by atoms with Crippen LogP contribution in [0.25, 0.3) is 6.08 Å². The number of ether oxygens (including phenoxy) is 3. The van der Waals surface area contributed by atoms with E-state index in [2.05, 4.69) is 4.99 Å². The summed E-state index contributed by atoms with van der Waals surface area (Å²) in [5.41, 5.74) is 2.44. The fourth-order valence-corrected chi connectivity index (χ4v) is 6.29. The number of hydrogen-bond donors (Lipinski definition) is 0. The number of nitrogens with zero attached hydrogens (tertiary/aromatic N) is 2. The number of thiazole rings is 1. The van der Waals surface area contributed by atoms with Gasteiger partial charge in [-0.1, -0.05) is 47.2 Å². The van der Waals surface area contributed by atoms with Crippen molar-refractivity contribution in [3.63, 3.8) is 0 Å². The molecule has 0 bridgehead atoms. The van der Waals surface area contributed by atoms with Gasteiger partial charge in [0.15, 0.2) is 16.3 Å². The van der Waals surface area contributed by atoms with E-state index in [1.165, 1.54) is 22.7 Å². The van der Waals surface area contributed by atoms with Gasteiger partial charge in [0, 0.05) is 9.90 Å². The van der Waals surface area contributed by atoms with Gasteiger partial charge in [0.25, 0.3) is 5.56 Å². The Morgan fingerprint density at radius 2 is 1.95 bits per heavy atom. The third kappa shape index (κ3) is 5.56. The first kappa shape index (κ1) is 26.9. The van der Waals surface area contributed by atoms with Gasteiger partial charge in [0.05, 0.1) is 29.5 Å². The number of esters is 1. The van der Waals surface area contributed by atoms with Gasteiger partial charge in [-0.3, -0.25) is 9.36 Å². The topological polar surface area (TPSA) is 79.1 Å². The van der Waals surface area contributed by atoms with Crippen molar-refractivity contribution in [2.24, 2.45) is 4.99 Å². The number of methoxy groups -OCH3 is 1. The van der Waals surface area contributed by atoms with E-state index in [4.69, 9.17) is 25.8 Å². The van der Waals surface area contributed by atoms with Gasteiger partial charge < -0.3 is 14.2 Å². The molecule has 2 aromatic carbocycles. The minimum absolute atomic E-state index is 0.228. The standard InChI is InChI=1S/C29H25ClN2O5S2/c1-4-36-28(34)25-17(2)31-29-32(26(25)23-6-5-13-38-23)27(33)24(39-29)15-19-9-12-21(22(14-19)35-3)37-16-18-7-10-20(30)11-8-18/h5-15,26H,4,16H2,1-3H3/b24-15+/t26-/m0/s1. The van der Waals surface area contributed by atoms with E-state index in [1.54, 1.807) is 31.6 Å². The van der Waals surface area contributed by atoms with Crippen LogP contribution in [0.2, 0.25) is 5.02 Å². The molecule has 4 aromatic rings. The van der Waals surface area contributed by atoms with Gasteiger partial charge in [0.2, 0.25) is 0 Å². The molecule has 3 heterocycles. The number of allylic oxidation sites excluding steroid dienone is 1. The first-order valence-corrected chi connectivity index (χ1v) is 14.3. The molecule has 0 amide bonds. The van der Waals surface area contributed by atoms with E-state index in [0.29, 0.717) is 43.7 Å². The van der Waals surface area contributed by atoms with Crippen LogP contribution in [0.5, 0.6) is 11.5 Å². The Labute approximate surface area is 237 Å². The molecular formula is C29H25ClN2O5S2. The fraction of sp³-hybridized carbons (Fsp3) is 0.207. The molecular weight excluding hydrogens is 556 g/mol. The maximum atomic E-state index is 13.7. The Morgan fingerprint density at radius 3 is 2.64 bits per heavy atom. The predicted molar refractivity (Wildman–Crippen MR) is 153 cm³/mol. The maximum absolute atomic E-state index is 13.7. The van der Waals surface area contributed by atoms with E-state index in [0.717, 1.165) is 16.0 Å². The van der Waals surface area contributed by atoms with Gasteiger partial charge in [-0.05, 0) is 66.8 Å². The van der Waals surface area contributed by atoms with Crippen molar-refractivity contribution in [2.45, 2.75) is 26.5 Å². The molecule has 7 nitrogen and oxygen atoms in total. The van der Waals surface area contributed by atoms with Crippen LogP contribution in [0.1, 0.15) is 35.9 Å². The molecule has 0 saturated heterocycles. The molecule has 0 spiro atoms. The molecule has 0 radical (unpaired) electrons. The summed E-state index contributed by atoms with van der Waals surface area (Å²) in [6, 6.07) is 16.2. The van der Waals surface area contributed by atoms with Crippen LogP contribution in [-0.4, -0.2) is 24.3 Å². The molecule has 1 aliphatic heterocycles. The molecule has 200 valence electrons. The van der Waals surface area contributed by atoms with Crippen molar-refractivity contribution in [3.8, 4) is 11.5 Å². The van der Waals surface area contributed by atoms with Gasteiger partial charge >= 0.3 is 5.97 Å². The number of carbonyl (C=O) groups excluding carboxylic acids is 1. The van der Waals surface area contributed by atoms with Gasteiger partial charge in [0.1, 0.15) is 12.6 Å². The minimum atomic E-state index is -0.597. The SMILES string of the molecule is CCOC(=O)C1=C(C)N=c2s/c(=C/c3ccc(OCc4ccc(Cl)cc4)c(OC)c3)c(=O)n2[C@H]1c1cccs1. The summed E-state index contributed by atoms with van der Waals surface area (Å²) in [5, 5.41) is 2.59. The monoisotopic (exact) mass is 580 g/mol. The number of fused-ring (bicyclic) bond motifs is 1. The Hall–Kier alpha value is -3.66. The molecule has 10 heteroatoms. The molecule has 0 saturated carbocycles. The molecule has 0 fully saturated rings. The van der Waals surface area contributed by atoms with Crippen LogP contribution < -0.4 is 24.4 Å². The Morgan fingerprint density at radius 1 is 1.15 bits per heavy atom. The van der Waals surface area contributed by atoms with Crippen LogP contribution in [0.4, 0.5) is 0 Å². The third-order valence-corrected chi connectivity index (χ3v) is 8.28. The number of aromatic nitrogens is 1. The lowest BCUT2D eigenvalue weighted by molar-refractivity contribution is -0.139. The highest BCUT2D eigenvalue weighted by Crippen LogP contribution is 2.33. The summed E-state index contributed by atoms with van der Waals surface area (Å²) in [6.45, 7) is 4.12. The zero-order chi connectivity index (χ0) is 27.5. The lowest BCUT2D eigenvalue weighted by Gasteiger charge is -2.23. The lowest BCUT2D eigenvalue weighted by atomic mass is 10.0. The third-order valence-electron chi connectivity index (χ3n) is 6.12. The number of halogens is 1. The summed E-state index contributed by atoms with van der Waals surface area (Å²) >= 11 is 8.72. The number of rotatable bonds is 8. The van der Waals surface area contributed by atoms with Crippen LogP contribution in [-0.2, 0) is 16.1 Å². The Kier molecular flexibility index (Phi) is 8.02. The summed E-state index contributed by atoms with van der Waals surface area (Å²) in [6.07, 6.45) is 1.80. The van der Waals surface area contributed by atoms with Gasteiger partial charge in [-0.15, -0.1) is 11.3 Å². The van der Waals surface area contributed by atoms with Gasteiger partial charge in [-0.2, -0.15) is 0 Å². The average molecular weight is 581 g/mol. The lowest BCUT2D eigenvalue weighted by Crippen LogP contribution is -2.39. The highest BCUT2D eigenvalue weighted by molar-refractivity contribution is 7.10. The first-order valence-electron chi connectivity index (χ1n) is 12.2. The fourth-order valence-electron chi connectivity index (χ4n) is 4.29. The molecule has 1 atom stereocenters. The molecule has 2 aromatic heterocycles. The van der Waals surface area contributed by atoms with Crippen molar-refractivity contribution in [1.82, 2.24) is 4.57 Å². The minimum Gasteiger partial charge on any atom is -0.493 e. The number of benzene rings is 2. The van der Waals surface area contributed by atoms with Crippen LogP contribution in [0, 0.1) is 0 Å². The van der Waals surface area contributed by atoms with Crippen molar-refractivity contribution in [2.75, 3.05) is 13.7 Å². The van der Waals surface area contributed by atoms with E-state index < -0.39 is 12.0 Å². The van der Waals surface area contributed by atoms with Crippen molar-refractivity contribution < 1.29 is 19.0 Å². The molecule has 0 N–H and O–H groups in total. The first-order chi connectivity index (χ1) is 18.9. The summed E-state index contributed by atoms with van der Waals surface area (Å²) < 4.78 is 18.9. The molecule has 0 unspecified atom stereocenters. The van der Waals surface area contributed by atoms with Crippen LogP contribution in [0.3, 0.4) is 0 Å². The van der Waals surface area contributed by atoms with Crippen LogP contribution >= 0.6 is 34.3 Å². The maximum Gasteiger partial charge on any atom is 0.338 e. The summed E-state index contributed by atoms with van der Waals surface area (Å²) in [7, 11) is 1.57. The van der Waals surface area contributed by atoms with E-state index >= 15 is 0 Å². The second kappa shape index (κ2) is 11.6. The number of carbonyl (C=O) groups is 1. The largest absolute Gasteiger partial charge is 0.493 e.